The van der Waals surface area contributed by atoms with Crippen molar-refractivity contribution in [2.45, 2.75) is 88.2 Å². The Morgan fingerprint density at radius 3 is 1.58 bits per heavy atom. The molecule has 0 aliphatic carbocycles. The third kappa shape index (κ3) is 13.6. The number of benzene rings is 4. The molecular weight excluding hydrogens is 964 g/mol. The lowest BCUT2D eigenvalue weighted by Gasteiger charge is -2.17. The number of nitrogens with zero attached hydrogens (tertiary/aromatic N) is 2. The van der Waals surface area contributed by atoms with Crippen molar-refractivity contribution < 1.29 is 28.9 Å². The molecule has 0 radical (unpaired) electrons. The second-order valence-corrected chi connectivity index (χ2v) is 19.3. The molecular formula is C52H53BrCl2N2O6S2. The lowest BCUT2D eigenvalue weighted by molar-refractivity contribution is -0.149. The zero-order chi connectivity index (χ0) is 46.3. The minimum absolute atomic E-state index is 0.110. The van der Waals surface area contributed by atoms with E-state index in [9.17, 15) is 14.7 Å². The molecule has 4 heterocycles. The fourth-order valence-electron chi connectivity index (χ4n) is 7.45. The SMILES string of the molecule is CCCC(Br)C(=O)OC.CCCC(Oc1ccc(-c2ccc(C3CCC(c4cccs4)=N3)cc2)cc1Cl)C(=O)OC.Oc1ccc(-c2ccc(C3CCC(c4cccs4)=N3)cc2)cc1Cl. The summed E-state index contributed by atoms with van der Waals surface area (Å²) in [5.74, 6) is 0.0203. The molecule has 2 aliphatic rings. The van der Waals surface area contributed by atoms with Crippen molar-refractivity contribution >= 4 is 85.2 Å². The summed E-state index contributed by atoms with van der Waals surface area (Å²) in [7, 11) is 2.76. The van der Waals surface area contributed by atoms with Gasteiger partial charge in [0, 0.05) is 9.75 Å². The number of hydrogen-bond donors (Lipinski definition) is 1. The van der Waals surface area contributed by atoms with Gasteiger partial charge >= 0.3 is 11.9 Å². The van der Waals surface area contributed by atoms with Crippen LogP contribution in [0.5, 0.6) is 11.5 Å². The molecule has 65 heavy (non-hydrogen) atoms. The highest BCUT2D eigenvalue weighted by molar-refractivity contribution is 9.10. The maximum Gasteiger partial charge on any atom is 0.347 e. The van der Waals surface area contributed by atoms with Crippen LogP contribution in [-0.2, 0) is 19.1 Å². The van der Waals surface area contributed by atoms with Crippen LogP contribution in [0.4, 0.5) is 0 Å². The van der Waals surface area contributed by atoms with Crippen LogP contribution in [0.15, 0.2) is 130 Å². The normalized spacial score (nSPS) is 16.2. The van der Waals surface area contributed by atoms with Crippen molar-refractivity contribution in [1.29, 1.82) is 0 Å². The van der Waals surface area contributed by atoms with Crippen molar-refractivity contribution in [1.82, 2.24) is 0 Å². The van der Waals surface area contributed by atoms with E-state index in [-0.39, 0.29) is 34.6 Å². The summed E-state index contributed by atoms with van der Waals surface area (Å²) >= 11 is 19.2. The first-order valence-electron chi connectivity index (χ1n) is 21.7. The van der Waals surface area contributed by atoms with Crippen LogP contribution >= 0.6 is 61.8 Å². The summed E-state index contributed by atoms with van der Waals surface area (Å²) in [5, 5.41) is 14.6. The maximum atomic E-state index is 11.9. The van der Waals surface area contributed by atoms with Gasteiger partial charge in [-0.3, -0.25) is 14.8 Å². The number of alkyl halides is 1. The van der Waals surface area contributed by atoms with E-state index >= 15 is 0 Å². The molecule has 4 atom stereocenters. The lowest BCUT2D eigenvalue weighted by Crippen LogP contribution is -2.28. The largest absolute Gasteiger partial charge is 0.506 e. The minimum atomic E-state index is -0.654. The van der Waals surface area contributed by atoms with Crippen LogP contribution in [0, 0.1) is 0 Å². The van der Waals surface area contributed by atoms with Crippen LogP contribution in [0.25, 0.3) is 22.3 Å². The van der Waals surface area contributed by atoms with Gasteiger partial charge in [0.1, 0.15) is 16.3 Å². The number of rotatable bonds is 14. The summed E-state index contributed by atoms with van der Waals surface area (Å²) in [6, 6.07) is 36.8. The number of carbonyl (C=O) groups is 2. The number of phenolic OH excluding ortho intramolecular Hbond substituents is 1. The van der Waals surface area contributed by atoms with Gasteiger partial charge in [0.2, 0.25) is 0 Å². The van der Waals surface area contributed by atoms with Crippen molar-refractivity contribution in [3.63, 3.8) is 0 Å². The molecule has 0 spiro atoms. The summed E-state index contributed by atoms with van der Waals surface area (Å²) in [5.41, 5.74) is 9.06. The zero-order valence-corrected chi connectivity index (χ0v) is 41.6. The van der Waals surface area contributed by atoms with E-state index in [1.165, 1.54) is 46.5 Å². The molecule has 4 aromatic carbocycles. The van der Waals surface area contributed by atoms with Crippen molar-refractivity contribution in [2.24, 2.45) is 9.98 Å². The first kappa shape index (κ1) is 49.6. The predicted octanol–water partition coefficient (Wildman–Crippen LogP) is 14.9. The predicted molar refractivity (Wildman–Crippen MR) is 272 cm³/mol. The quantitative estimate of drug-likeness (QED) is 0.0860. The molecule has 2 aromatic heterocycles. The minimum Gasteiger partial charge on any atom is -0.506 e. The lowest BCUT2D eigenvalue weighted by atomic mass is 9.99. The van der Waals surface area contributed by atoms with Crippen LogP contribution in [-0.4, -0.2) is 53.6 Å². The second kappa shape index (κ2) is 24.7. The van der Waals surface area contributed by atoms with Gasteiger partial charge in [0.05, 0.1) is 47.8 Å². The summed E-state index contributed by atoms with van der Waals surface area (Å²) < 4.78 is 15.2. The number of thiophene rings is 2. The number of carbonyl (C=O) groups excluding carboxylic acids is 2. The van der Waals surface area contributed by atoms with Gasteiger partial charge < -0.3 is 19.3 Å². The molecule has 6 aromatic rings. The standard InChI is InChI=1S/C26H26ClNO3S.C20H16ClNOS.C6H11BrO2/c1-3-5-24(26(29)30-2)31-23-14-11-19(16-20(23)27)17-7-9-18(10-8-17)21-12-13-22(28-21)25-6-4-15-32-25;21-16-12-15(7-10-19(16)23)13-3-5-14(6-4-13)17-8-9-18(22-17)20-2-1-11-24-20;1-3-4-5(7)6(8)9-2/h4,6-11,14-16,21,24H,3,5,12-13H2,1-2H3;1-7,10-12,17,23H,8-9H2;5H,3-4H2,1-2H3. The highest BCUT2D eigenvalue weighted by atomic mass is 79.9. The molecule has 8 nitrogen and oxygen atoms in total. The van der Waals surface area contributed by atoms with Gasteiger partial charge in [-0.1, -0.05) is 139 Å². The summed E-state index contributed by atoms with van der Waals surface area (Å²) in [4.78, 5) is 34.9. The number of methoxy groups -OCH3 is 2. The first-order chi connectivity index (χ1) is 31.5. The highest BCUT2D eigenvalue weighted by Crippen LogP contribution is 2.37. The number of aliphatic imine (C=N–C) groups is 2. The third-order valence-electron chi connectivity index (χ3n) is 11.0. The van der Waals surface area contributed by atoms with Gasteiger partial charge in [0.25, 0.3) is 0 Å². The molecule has 0 saturated carbocycles. The van der Waals surface area contributed by atoms with Crippen molar-refractivity contribution in [2.75, 3.05) is 14.2 Å². The van der Waals surface area contributed by atoms with E-state index in [4.69, 9.17) is 42.7 Å². The molecule has 0 amide bonds. The van der Waals surface area contributed by atoms with Crippen molar-refractivity contribution in [3.05, 3.63) is 151 Å². The van der Waals surface area contributed by atoms with Crippen LogP contribution in [0.3, 0.4) is 0 Å². The van der Waals surface area contributed by atoms with E-state index < -0.39 is 6.10 Å². The van der Waals surface area contributed by atoms with E-state index in [2.05, 4.69) is 104 Å². The van der Waals surface area contributed by atoms with E-state index in [1.54, 1.807) is 34.8 Å². The smallest absolute Gasteiger partial charge is 0.347 e. The Labute approximate surface area is 408 Å². The number of ether oxygens (including phenoxy) is 3. The number of phenols is 1. The summed E-state index contributed by atoms with van der Waals surface area (Å²) in [6.07, 6.45) is 6.73. The molecule has 0 bridgehead atoms. The maximum absolute atomic E-state index is 11.9. The number of aromatic hydroxyl groups is 1. The monoisotopic (exact) mass is 1010 g/mol. The van der Waals surface area contributed by atoms with Crippen LogP contribution < -0.4 is 4.74 Å². The fourth-order valence-corrected chi connectivity index (χ4v) is 10.0. The first-order valence-corrected chi connectivity index (χ1v) is 25.1. The average Bonchev–Trinajstić information content (AvgIpc) is 4.19. The highest BCUT2D eigenvalue weighted by Gasteiger charge is 2.24. The van der Waals surface area contributed by atoms with Gasteiger partial charge in [-0.25, -0.2) is 4.79 Å². The van der Waals surface area contributed by atoms with E-state index in [0.717, 1.165) is 67.2 Å². The van der Waals surface area contributed by atoms with Crippen LogP contribution in [0.1, 0.15) is 98.2 Å². The molecule has 8 rings (SSSR count). The Kier molecular flexibility index (Phi) is 18.8. The van der Waals surface area contributed by atoms with Gasteiger partial charge in [-0.05, 0) is 119 Å². The van der Waals surface area contributed by atoms with Crippen molar-refractivity contribution in [3.8, 4) is 33.8 Å². The molecule has 13 heteroatoms. The second-order valence-electron chi connectivity index (χ2n) is 15.5. The van der Waals surface area contributed by atoms with Crippen LogP contribution in [0.2, 0.25) is 10.0 Å². The molecule has 1 N–H and O–H groups in total. The fraction of sp³-hybridized carbons (Fsp3) is 0.308. The zero-order valence-electron chi connectivity index (χ0n) is 36.8. The average molecular weight is 1020 g/mol. The van der Waals surface area contributed by atoms with Gasteiger partial charge in [-0.2, -0.15) is 0 Å². The van der Waals surface area contributed by atoms with E-state index in [0.29, 0.717) is 22.2 Å². The Bertz CT molecular complexity index is 2530. The molecule has 340 valence electrons. The summed E-state index contributed by atoms with van der Waals surface area (Å²) in [6.45, 7) is 4.02. The Balaban J connectivity index is 0.000000186. The molecule has 0 fully saturated rings. The number of hydrogen-bond acceptors (Lipinski definition) is 10. The van der Waals surface area contributed by atoms with Gasteiger partial charge in [0.15, 0.2) is 6.10 Å². The Hall–Kier alpha value is -4.78. The van der Waals surface area contributed by atoms with E-state index in [1.807, 2.05) is 38.1 Å². The molecule has 2 aliphatic heterocycles. The van der Waals surface area contributed by atoms with Gasteiger partial charge in [-0.15, -0.1) is 22.7 Å². The topological polar surface area (TPSA) is 107 Å². The number of halogens is 3. The molecule has 4 unspecified atom stereocenters. The molecule has 0 saturated heterocycles. The number of esters is 2. The third-order valence-corrected chi connectivity index (χ3v) is 14.2. The Morgan fingerprint density at radius 1 is 0.677 bits per heavy atom. The Morgan fingerprint density at radius 2 is 1.15 bits per heavy atom.